The lowest BCUT2D eigenvalue weighted by molar-refractivity contribution is -0.137. The van der Waals surface area contributed by atoms with Crippen molar-refractivity contribution in [1.82, 2.24) is 0 Å². The summed E-state index contributed by atoms with van der Waals surface area (Å²) in [5, 5.41) is 17.5. The molecule has 1 aromatic rings. The molecule has 0 spiro atoms. The highest BCUT2D eigenvalue weighted by atomic mass is 127. The van der Waals surface area contributed by atoms with Gasteiger partial charge in [0.05, 0.1) is 16.4 Å². The molecule has 18 heavy (non-hydrogen) atoms. The predicted octanol–water partition coefficient (Wildman–Crippen LogP) is 1.62. The molecule has 1 aromatic carbocycles. The van der Waals surface area contributed by atoms with Gasteiger partial charge in [0, 0.05) is 0 Å². The fourth-order valence-corrected chi connectivity index (χ4v) is 3.53. The van der Waals surface area contributed by atoms with Gasteiger partial charge in [0.15, 0.2) is 0 Å². The first kappa shape index (κ1) is 14.6. The van der Waals surface area contributed by atoms with Gasteiger partial charge in [-0.15, -0.1) is 0 Å². The van der Waals surface area contributed by atoms with Crippen LogP contribution < -0.4 is 0 Å². The number of carboxylic acids is 2. The smallest absolute Gasteiger partial charge is 0.341 e. The number of aliphatic carboxylic acids is 2. The summed E-state index contributed by atoms with van der Waals surface area (Å²) in [5.41, 5.74) is 0.965. The van der Waals surface area contributed by atoms with E-state index in [2.05, 4.69) is 0 Å². The molecule has 1 rings (SSSR count). The molecule has 0 aromatic heterocycles. The first-order chi connectivity index (χ1) is 8.31. The Labute approximate surface area is 110 Å². The van der Waals surface area contributed by atoms with Crippen LogP contribution in [0, 0.1) is 10.5 Å². The second kappa shape index (κ2) is 5.89. The van der Waals surface area contributed by atoms with Crippen molar-refractivity contribution in [3.63, 3.8) is 0 Å². The van der Waals surface area contributed by atoms with Crippen LogP contribution in [0.25, 0.3) is 0 Å². The van der Waals surface area contributed by atoms with Crippen LogP contribution in [0.3, 0.4) is 0 Å². The molecule has 0 fully saturated rings. The molecule has 0 bridgehead atoms. The summed E-state index contributed by atoms with van der Waals surface area (Å²) in [4.78, 5) is 21.4. The summed E-state index contributed by atoms with van der Waals surface area (Å²) >= 11 is -3.95. The van der Waals surface area contributed by atoms with Crippen molar-refractivity contribution in [3.05, 3.63) is 32.4 Å². The van der Waals surface area contributed by atoms with Gasteiger partial charge in [-0.3, -0.25) is 9.59 Å². The van der Waals surface area contributed by atoms with E-state index in [1.54, 1.807) is 6.92 Å². The standard InChI is InChI=1S/C11H11IO6/c1-6-2-7(4-9(13)14)11(12(17)18)8(3-6)5-10(15)16/h2-3H,4-5H2,1H3,(H,13,14)(H,15,16). The van der Waals surface area contributed by atoms with E-state index in [0.29, 0.717) is 5.56 Å². The normalized spacial score (nSPS) is 10.6. The molecule has 0 aliphatic rings. The number of hydrogen-bond donors (Lipinski definition) is 2. The molecular weight excluding hydrogens is 355 g/mol. The minimum Gasteiger partial charge on any atom is -0.481 e. The molecule has 98 valence electrons. The average molecular weight is 366 g/mol. The molecule has 6 nitrogen and oxygen atoms in total. The van der Waals surface area contributed by atoms with Crippen LogP contribution in [0.4, 0.5) is 0 Å². The molecule has 0 saturated carbocycles. The van der Waals surface area contributed by atoms with Gasteiger partial charge in [-0.2, -0.15) is 0 Å². The average Bonchev–Trinajstić information content (AvgIpc) is 2.12. The van der Waals surface area contributed by atoms with E-state index in [0.717, 1.165) is 0 Å². The molecule has 0 amide bonds. The van der Waals surface area contributed by atoms with Gasteiger partial charge in [-0.05, 0) is 18.1 Å². The third-order valence-electron chi connectivity index (χ3n) is 2.21. The molecule has 0 heterocycles. The Morgan fingerprint density at radius 2 is 1.44 bits per heavy atom. The third-order valence-corrected chi connectivity index (χ3v) is 4.47. The fourth-order valence-electron chi connectivity index (χ4n) is 1.71. The first-order valence-electron chi connectivity index (χ1n) is 4.92. The molecule has 7 heteroatoms. The minimum absolute atomic E-state index is 0.102. The van der Waals surface area contributed by atoms with E-state index in [4.69, 9.17) is 10.2 Å². The second-order valence-corrected chi connectivity index (χ2v) is 6.07. The fraction of sp³-hybridized carbons (Fsp3) is 0.273. The molecule has 0 saturated heterocycles. The number of aryl methyl sites for hydroxylation is 1. The van der Waals surface area contributed by atoms with Gasteiger partial charge >= 0.3 is 31.7 Å². The Hall–Kier alpha value is -1.51. The highest BCUT2D eigenvalue weighted by Crippen LogP contribution is 2.28. The third kappa shape index (κ3) is 3.76. The molecule has 0 atom stereocenters. The van der Waals surface area contributed by atoms with Crippen LogP contribution >= 0.6 is 19.8 Å². The van der Waals surface area contributed by atoms with E-state index < -0.39 is 44.6 Å². The Balaban J connectivity index is 3.44. The Morgan fingerprint density at radius 3 is 1.72 bits per heavy atom. The van der Waals surface area contributed by atoms with E-state index >= 15 is 0 Å². The van der Waals surface area contributed by atoms with Crippen molar-refractivity contribution >= 4 is 31.7 Å². The van der Waals surface area contributed by atoms with Crippen molar-refractivity contribution in [2.45, 2.75) is 19.8 Å². The van der Waals surface area contributed by atoms with Crippen LogP contribution in [0.1, 0.15) is 16.7 Å². The van der Waals surface area contributed by atoms with Gasteiger partial charge in [-0.25, -0.2) is 6.14 Å². The van der Waals surface area contributed by atoms with E-state index in [1.807, 2.05) is 0 Å². The van der Waals surface area contributed by atoms with Crippen molar-refractivity contribution in [2.75, 3.05) is 0 Å². The van der Waals surface area contributed by atoms with Gasteiger partial charge < -0.3 is 10.2 Å². The van der Waals surface area contributed by atoms with Crippen LogP contribution in [-0.2, 0) is 28.6 Å². The number of rotatable bonds is 5. The zero-order chi connectivity index (χ0) is 13.9. The molecule has 2 N–H and O–H groups in total. The van der Waals surface area contributed by atoms with Crippen molar-refractivity contribution in [1.29, 1.82) is 0 Å². The molecular formula is C11H11IO6. The van der Waals surface area contributed by atoms with Gasteiger partial charge in [0.2, 0.25) is 0 Å². The maximum Gasteiger partial charge on any atom is 0.341 e. The minimum atomic E-state index is -3.95. The molecule has 0 aliphatic heterocycles. The van der Waals surface area contributed by atoms with E-state index in [-0.39, 0.29) is 14.7 Å². The number of hydrogen-bond acceptors (Lipinski definition) is 4. The number of carbonyl (C=O) groups is 2. The zero-order valence-electron chi connectivity index (χ0n) is 9.47. The highest BCUT2D eigenvalue weighted by molar-refractivity contribution is 14.2. The lowest BCUT2D eigenvalue weighted by Crippen LogP contribution is -2.08. The van der Waals surface area contributed by atoms with Gasteiger partial charge in [-0.1, -0.05) is 17.7 Å². The number of benzene rings is 1. The lowest BCUT2D eigenvalue weighted by Gasteiger charge is -2.08. The first-order valence-corrected chi connectivity index (χ1v) is 7.76. The maximum atomic E-state index is 11.3. The topological polar surface area (TPSA) is 109 Å². The van der Waals surface area contributed by atoms with Crippen LogP contribution in [0.15, 0.2) is 12.1 Å². The number of halogens is 1. The van der Waals surface area contributed by atoms with Crippen LogP contribution in [0.2, 0.25) is 0 Å². The van der Waals surface area contributed by atoms with Gasteiger partial charge in [0.1, 0.15) is 0 Å². The van der Waals surface area contributed by atoms with Crippen molar-refractivity contribution < 1.29 is 25.9 Å². The summed E-state index contributed by atoms with van der Waals surface area (Å²) in [5.74, 6) is -2.30. The SMILES string of the molecule is Cc1cc(CC(=O)O)c(I(=O)=O)c(CC(=O)O)c1. The summed E-state index contributed by atoms with van der Waals surface area (Å²) in [6.45, 7) is 1.66. The Kier molecular flexibility index (Phi) is 4.76. The molecule has 0 unspecified atom stereocenters. The van der Waals surface area contributed by atoms with Crippen LogP contribution in [-0.4, -0.2) is 22.2 Å². The zero-order valence-corrected chi connectivity index (χ0v) is 11.6. The van der Waals surface area contributed by atoms with Crippen molar-refractivity contribution in [3.8, 4) is 0 Å². The van der Waals surface area contributed by atoms with Gasteiger partial charge in [0.25, 0.3) is 0 Å². The summed E-state index contributed by atoms with van der Waals surface area (Å²) in [6, 6.07) is 2.93. The largest absolute Gasteiger partial charge is 0.481 e. The Morgan fingerprint density at radius 1 is 1.06 bits per heavy atom. The quantitative estimate of drug-likeness (QED) is 0.767. The highest BCUT2D eigenvalue weighted by Gasteiger charge is 2.18. The molecule has 0 aliphatic carbocycles. The monoisotopic (exact) mass is 366 g/mol. The number of carboxylic acid groups (broad SMARTS) is 2. The van der Waals surface area contributed by atoms with E-state index in [1.165, 1.54) is 12.1 Å². The predicted molar refractivity (Wildman–Crippen MR) is 67.9 cm³/mol. The maximum absolute atomic E-state index is 11.3. The summed E-state index contributed by atoms with van der Waals surface area (Å²) in [7, 11) is 0. The summed E-state index contributed by atoms with van der Waals surface area (Å²) < 4.78 is 22.4. The summed E-state index contributed by atoms with van der Waals surface area (Å²) in [6.07, 6.45) is -0.857. The van der Waals surface area contributed by atoms with Crippen LogP contribution in [0.5, 0.6) is 0 Å². The Bertz CT molecular complexity index is 528. The second-order valence-electron chi connectivity index (χ2n) is 3.76. The molecule has 0 radical (unpaired) electrons. The van der Waals surface area contributed by atoms with Crippen molar-refractivity contribution in [2.24, 2.45) is 0 Å². The van der Waals surface area contributed by atoms with E-state index in [9.17, 15) is 15.7 Å². The lowest BCUT2D eigenvalue weighted by atomic mass is 10.0.